The summed E-state index contributed by atoms with van der Waals surface area (Å²) in [6.45, 7) is 0.420. The Morgan fingerprint density at radius 1 is 1.20 bits per heavy atom. The van der Waals surface area contributed by atoms with Crippen molar-refractivity contribution in [3.05, 3.63) is 64.2 Å². The number of amides is 1. The lowest BCUT2D eigenvalue weighted by Crippen LogP contribution is -2.37. The van der Waals surface area contributed by atoms with Crippen LogP contribution in [0.25, 0.3) is 0 Å². The molecule has 132 valence electrons. The SMILES string of the molecule is O=C(NCc1ccc(C(F)(F)F)cc1)C1COc2ccc(Cl)cc2C1. The lowest BCUT2D eigenvalue weighted by Gasteiger charge is -2.24. The number of nitrogens with one attached hydrogen (secondary N) is 1. The van der Waals surface area contributed by atoms with Gasteiger partial charge in [-0.1, -0.05) is 23.7 Å². The first-order chi connectivity index (χ1) is 11.8. The number of alkyl halides is 3. The summed E-state index contributed by atoms with van der Waals surface area (Å²) in [4.78, 5) is 12.3. The molecule has 0 saturated heterocycles. The molecular formula is C18H15ClF3NO2. The second kappa shape index (κ2) is 6.96. The zero-order chi connectivity index (χ0) is 18.0. The van der Waals surface area contributed by atoms with Crippen molar-refractivity contribution in [2.45, 2.75) is 19.1 Å². The van der Waals surface area contributed by atoms with Gasteiger partial charge in [0.25, 0.3) is 0 Å². The van der Waals surface area contributed by atoms with E-state index in [9.17, 15) is 18.0 Å². The minimum atomic E-state index is -4.37. The van der Waals surface area contributed by atoms with Gasteiger partial charge < -0.3 is 10.1 Å². The van der Waals surface area contributed by atoms with Crippen LogP contribution in [0.5, 0.6) is 5.75 Å². The smallest absolute Gasteiger partial charge is 0.416 e. The molecule has 0 aromatic heterocycles. The van der Waals surface area contributed by atoms with E-state index in [1.165, 1.54) is 12.1 Å². The standard InChI is InChI=1S/C18H15ClF3NO2/c19-15-5-6-16-12(8-15)7-13(10-25-16)17(24)23-9-11-1-3-14(4-2-11)18(20,21)22/h1-6,8,13H,7,9-10H2,(H,23,24). The molecular weight excluding hydrogens is 355 g/mol. The van der Waals surface area contributed by atoms with Crippen molar-refractivity contribution in [1.82, 2.24) is 5.32 Å². The molecule has 2 aromatic carbocycles. The molecule has 1 aliphatic heterocycles. The summed E-state index contributed by atoms with van der Waals surface area (Å²) in [7, 11) is 0. The zero-order valence-electron chi connectivity index (χ0n) is 13.1. The van der Waals surface area contributed by atoms with Crippen LogP contribution in [0, 0.1) is 5.92 Å². The Labute approximate surface area is 147 Å². The van der Waals surface area contributed by atoms with Crippen LogP contribution >= 0.6 is 11.6 Å². The molecule has 0 radical (unpaired) electrons. The summed E-state index contributed by atoms with van der Waals surface area (Å²) in [5.74, 6) is 0.155. The van der Waals surface area contributed by atoms with Crippen molar-refractivity contribution in [1.29, 1.82) is 0 Å². The maximum atomic E-state index is 12.5. The van der Waals surface area contributed by atoms with Crippen LogP contribution in [0.15, 0.2) is 42.5 Å². The highest BCUT2D eigenvalue weighted by atomic mass is 35.5. The Kier molecular flexibility index (Phi) is 4.90. The van der Waals surface area contributed by atoms with Crippen molar-refractivity contribution in [2.75, 3.05) is 6.61 Å². The maximum Gasteiger partial charge on any atom is 0.416 e. The quantitative estimate of drug-likeness (QED) is 0.879. The van der Waals surface area contributed by atoms with Gasteiger partial charge in [-0.3, -0.25) is 4.79 Å². The average molecular weight is 370 g/mol. The molecule has 0 fully saturated rings. The van der Waals surface area contributed by atoms with Gasteiger partial charge >= 0.3 is 6.18 Å². The largest absolute Gasteiger partial charge is 0.492 e. The van der Waals surface area contributed by atoms with Gasteiger partial charge in [0.1, 0.15) is 12.4 Å². The molecule has 1 heterocycles. The van der Waals surface area contributed by atoms with Gasteiger partial charge in [-0.15, -0.1) is 0 Å². The number of rotatable bonds is 3. The molecule has 1 amide bonds. The van der Waals surface area contributed by atoms with Crippen LogP contribution in [0.3, 0.4) is 0 Å². The molecule has 1 unspecified atom stereocenters. The van der Waals surface area contributed by atoms with E-state index < -0.39 is 11.7 Å². The fourth-order valence-electron chi connectivity index (χ4n) is 2.68. The van der Waals surface area contributed by atoms with E-state index >= 15 is 0 Å². The normalized spacial score (nSPS) is 16.7. The van der Waals surface area contributed by atoms with Gasteiger partial charge in [0, 0.05) is 11.6 Å². The number of hydrogen-bond donors (Lipinski definition) is 1. The first-order valence-corrected chi connectivity index (χ1v) is 8.06. The number of benzene rings is 2. The summed E-state index contributed by atoms with van der Waals surface area (Å²) in [5.41, 5.74) is 0.756. The third-order valence-corrected chi connectivity index (χ3v) is 4.28. The average Bonchev–Trinajstić information content (AvgIpc) is 2.58. The molecule has 7 heteroatoms. The van der Waals surface area contributed by atoms with Crippen molar-refractivity contribution in [2.24, 2.45) is 5.92 Å². The second-order valence-electron chi connectivity index (χ2n) is 5.88. The van der Waals surface area contributed by atoms with Gasteiger partial charge in [-0.25, -0.2) is 0 Å². The zero-order valence-corrected chi connectivity index (χ0v) is 13.8. The van der Waals surface area contributed by atoms with E-state index in [4.69, 9.17) is 16.3 Å². The van der Waals surface area contributed by atoms with Crippen molar-refractivity contribution < 1.29 is 22.7 Å². The third-order valence-electron chi connectivity index (χ3n) is 4.05. The third kappa shape index (κ3) is 4.25. The summed E-state index contributed by atoms with van der Waals surface area (Å²) in [6, 6.07) is 9.99. The minimum absolute atomic E-state index is 0.163. The molecule has 0 saturated carbocycles. The number of halogens is 4. The van der Waals surface area contributed by atoms with E-state index in [0.29, 0.717) is 17.0 Å². The summed E-state index contributed by atoms with van der Waals surface area (Å²) >= 11 is 5.95. The summed E-state index contributed by atoms with van der Waals surface area (Å²) in [5, 5.41) is 3.32. The van der Waals surface area contributed by atoms with Crippen molar-refractivity contribution >= 4 is 17.5 Å². The van der Waals surface area contributed by atoms with Crippen LogP contribution in [0.4, 0.5) is 13.2 Å². The highest BCUT2D eigenvalue weighted by molar-refractivity contribution is 6.30. The Morgan fingerprint density at radius 2 is 1.92 bits per heavy atom. The Bertz CT molecular complexity index is 775. The molecule has 1 N–H and O–H groups in total. The van der Waals surface area contributed by atoms with Gasteiger partial charge in [0.15, 0.2) is 0 Å². The molecule has 3 rings (SSSR count). The fraction of sp³-hybridized carbons (Fsp3) is 0.278. The van der Waals surface area contributed by atoms with Gasteiger partial charge in [-0.05, 0) is 47.9 Å². The lowest BCUT2D eigenvalue weighted by molar-refractivity contribution is -0.137. The molecule has 1 aliphatic rings. The van der Waals surface area contributed by atoms with Crippen LogP contribution in [0.2, 0.25) is 5.02 Å². The minimum Gasteiger partial charge on any atom is -0.492 e. The van der Waals surface area contributed by atoms with Crippen LogP contribution < -0.4 is 10.1 Å². The van der Waals surface area contributed by atoms with Crippen LogP contribution in [-0.2, 0) is 23.9 Å². The van der Waals surface area contributed by atoms with E-state index in [1.54, 1.807) is 18.2 Å². The Balaban J connectivity index is 1.58. The summed E-state index contributed by atoms with van der Waals surface area (Å²) in [6.07, 6.45) is -3.86. The number of ether oxygens (including phenoxy) is 1. The van der Waals surface area contributed by atoms with E-state index in [-0.39, 0.29) is 25.0 Å². The van der Waals surface area contributed by atoms with Gasteiger partial charge in [0.2, 0.25) is 5.91 Å². The van der Waals surface area contributed by atoms with Crippen LogP contribution in [-0.4, -0.2) is 12.5 Å². The first kappa shape index (κ1) is 17.6. The molecule has 3 nitrogen and oxygen atoms in total. The number of hydrogen-bond acceptors (Lipinski definition) is 2. The number of fused-ring (bicyclic) bond motifs is 1. The predicted octanol–water partition coefficient (Wildman–Crippen LogP) is 4.23. The molecule has 0 spiro atoms. The summed E-state index contributed by atoms with van der Waals surface area (Å²) < 4.78 is 43.2. The van der Waals surface area contributed by atoms with Crippen molar-refractivity contribution in [3.63, 3.8) is 0 Å². The van der Waals surface area contributed by atoms with Gasteiger partial charge in [-0.2, -0.15) is 13.2 Å². The lowest BCUT2D eigenvalue weighted by atomic mass is 9.96. The molecule has 25 heavy (non-hydrogen) atoms. The highest BCUT2D eigenvalue weighted by Gasteiger charge is 2.30. The van der Waals surface area contributed by atoms with E-state index in [1.807, 2.05) is 0 Å². The second-order valence-corrected chi connectivity index (χ2v) is 6.31. The predicted molar refractivity (Wildman–Crippen MR) is 87.4 cm³/mol. The topological polar surface area (TPSA) is 38.3 Å². The first-order valence-electron chi connectivity index (χ1n) is 7.68. The van der Waals surface area contributed by atoms with Crippen LogP contribution in [0.1, 0.15) is 16.7 Å². The number of carbonyl (C=O) groups is 1. The molecule has 2 aromatic rings. The highest BCUT2D eigenvalue weighted by Crippen LogP contribution is 2.30. The molecule has 0 bridgehead atoms. The Morgan fingerprint density at radius 3 is 2.60 bits per heavy atom. The number of carbonyl (C=O) groups excluding carboxylic acids is 1. The fourth-order valence-corrected chi connectivity index (χ4v) is 2.87. The monoisotopic (exact) mass is 369 g/mol. The van der Waals surface area contributed by atoms with E-state index in [2.05, 4.69) is 5.32 Å². The molecule has 1 atom stereocenters. The van der Waals surface area contributed by atoms with Crippen molar-refractivity contribution in [3.8, 4) is 5.75 Å². The maximum absolute atomic E-state index is 12.5. The van der Waals surface area contributed by atoms with Gasteiger partial charge in [0.05, 0.1) is 11.5 Å². The molecule has 0 aliphatic carbocycles. The van der Waals surface area contributed by atoms with E-state index in [0.717, 1.165) is 23.4 Å². The Hall–Kier alpha value is -2.21.